The van der Waals surface area contributed by atoms with E-state index >= 15 is 0 Å². The van der Waals surface area contributed by atoms with Crippen LogP contribution in [0, 0.1) is 17.8 Å². The van der Waals surface area contributed by atoms with Gasteiger partial charge in [-0.25, -0.2) is 0 Å². The predicted octanol–water partition coefficient (Wildman–Crippen LogP) is 0.979. The minimum Gasteiger partial charge on any atom is -1.00 e. The third-order valence-corrected chi connectivity index (χ3v) is 3.44. The Balaban J connectivity index is 0. The van der Waals surface area contributed by atoms with Crippen molar-refractivity contribution in [1.82, 2.24) is 0 Å². The van der Waals surface area contributed by atoms with E-state index in [9.17, 15) is 5.11 Å². The average molecular weight is 230 g/mol. The average Bonchev–Trinajstić information content (AvgIpc) is 2.20. The molecule has 2 atom stereocenters. The molecule has 0 radical (unpaired) electrons. The third kappa shape index (κ3) is 4.90. The molecule has 0 aromatic heterocycles. The quantitative estimate of drug-likeness (QED) is 0.765. The van der Waals surface area contributed by atoms with Crippen LogP contribution in [0.1, 0.15) is 34.7 Å². The van der Waals surface area contributed by atoms with Crippen LogP contribution in [-0.2, 0) is 6.42 Å². The first kappa shape index (κ1) is 16.0. The Morgan fingerprint density at radius 3 is 2.00 bits per heavy atom. The molecule has 1 nitrogen and oxygen atoms in total. The summed E-state index contributed by atoms with van der Waals surface area (Å²) >= 11 is 0. The Labute approximate surface area is 123 Å². The Bertz CT molecular complexity index is 298. The van der Waals surface area contributed by atoms with E-state index in [4.69, 9.17) is 0 Å². The fraction of sp³-hybridized carbons (Fsp3) is 0.571. The van der Waals surface area contributed by atoms with Crippen molar-refractivity contribution in [2.45, 2.75) is 34.1 Å². The van der Waals surface area contributed by atoms with Crippen molar-refractivity contribution >= 4 is 0 Å². The molecule has 1 rings (SSSR count). The number of hydrogen-bond donors (Lipinski definition) is 1. The third-order valence-electron chi connectivity index (χ3n) is 3.44. The molecule has 0 aliphatic carbocycles. The van der Waals surface area contributed by atoms with Gasteiger partial charge in [0.2, 0.25) is 0 Å². The molecule has 0 saturated heterocycles. The summed E-state index contributed by atoms with van der Waals surface area (Å²) in [5, 5.41) is 9.19. The van der Waals surface area contributed by atoms with E-state index < -0.39 is 0 Å². The molecule has 0 aliphatic rings. The zero-order chi connectivity index (χ0) is 11.4. The van der Waals surface area contributed by atoms with Crippen LogP contribution in [0.3, 0.4) is 0 Å². The van der Waals surface area contributed by atoms with E-state index in [1.807, 2.05) is 12.1 Å². The summed E-state index contributed by atoms with van der Waals surface area (Å²) in [5.74, 6) is 2.51. The predicted molar refractivity (Wildman–Crippen MR) is 66.1 cm³/mol. The number of phenolic OH excluding ortho intramolecular Hbond substituents is 1. The molecule has 0 heterocycles. The van der Waals surface area contributed by atoms with Crippen LogP contribution in [0.25, 0.3) is 0 Å². The van der Waals surface area contributed by atoms with E-state index in [1.165, 1.54) is 5.56 Å². The zero-order valence-electron chi connectivity index (χ0n) is 12.2. The van der Waals surface area contributed by atoms with Gasteiger partial charge >= 0.3 is 29.6 Å². The van der Waals surface area contributed by atoms with Gasteiger partial charge in [-0.15, -0.1) is 0 Å². The van der Waals surface area contributed by atoms with Gasteiger partial charge in [-0.2, -0.15) is 0 Å². The SMILES string of the molecule is CC(C)C(C)C(C)Cc1ccc(O)cc1.[H-].[Na+]. The van der Waals surface area contributed by atoms with Gasteiger partial charge in [0.15, 0.2) is 0 Å². The van der Waals surface area contributed by atoms with Crippen LogP contribution in [-0.4, -0.2) is 5.11 Å². The first-order valence-corrected chi connectivity index (χ1v) is 5.78. The van der Waals surface area contributed by atoms with Gasteiger partial charge in [0.25, 0.3) is 0 Å². The molecule has 2 heteroatoms. The van der Waals surface area contributed by atoms with Gasteiger partial charge in [-0.05, 0) is 41.9 Å². The van der Waals surface area contributed by atoms with Gasteiger partial charge in [-0.1, -0.05) is 39.8 Å². The summed E-state index contributed by atoms with van der Waals surface area (Å²) in [4.78, 5) is 0. The van der Waals surface area contributed by atoms with Crippen LogP contribution in [0.4, 0.5) is 0 Å². The number of hydrogen-bond acceptors (Lipinski definition) is 1. The largest absolute Gasteiger partial charge is 1.00 e. The van der Waals surface area contributed by atoms with Crippen LogP contribution < -0.4 is 29.6 Å². The molecular weight excluding hydrogens is 207 g/mol. The second-order valence-electron chi connectivity index (χ2n) is 4.95. The molecule has 0 aliphatic heterocycles. The molecule has 1 aromatic carbocycles. The maximum Gasteiger partial charge on any atom is 1.00 e. The van der Waals surface area contributed by atoms with Crippen molar-refractivity contribution in [2.24, 2.45) is 17.8 Å². The van der Waals surface area contributed by atoms with Crippen molar-refractivity contribution in [3.05, 3.63) is 29.8 Å². The molecule has 2 unspecified atom stereocenters. The normalized spacial score (nSPS) is 14.3. The summed E-state index contributed by atoms with van der Waals surface area (Å²) in [6.07, 6.45) is 1.10. The summed E-state index contributed by atoms with van der Waals surface area (Å²) in [6, 6.07) is 7.56. The first-order valence-electron chi connectivity index (χ1n) is 5.78. The van der Waals surface area contributed by atoms with Crippen molar-refractivity contribution in [3.8, 4) is 5.75 Å². The van der Waals surface area contributed by atoms with Gasteiger partial charge in [-0.3, -0.25) is 0 Å². The Morgan fingerprint density at radius 2 is 1.56 bits per heavy atom. The molecule has 0 fully saturated rings. The van der Waals surface area contributed by atoms with Crippen molar-refractivity contribution in [2.75, 3.05) is 0 Å². The summed E-state index contributed by atoms with van der Waals surface area (Å²) in [7, 11) is 0. The Hall–Kier alpha value is 0.0200. The number of phenols is 1. The van der Waals surface area contributed by atoms with Gasteiger partial charge in [0.05, 0.1) is 0 Å². The van der Waals surface area contributed by atoms with E-state index in [0.717, 1.165) is 18.3 Å². The number of rotatable bonds is 4. The van der Waals surface area contributed by atoms with E-state index in [-0.39, 0.29) is 31.0 Å². The molecule has 1 N–H and O–H groups in total. The molecule has 0 bridgehead atoms. The van der Waals surface area contributed by atoms with Gasteiger partial charge in [0.1, 0.15) is 5.75 Å². The fourth-order valence-electron chi connectivity index (χ4n) is 1.85. The maximum atomic E-state index is 9.19. The fourth-order valence-corrected chi connectivity index (χ4v) is 1.85. The van der Waals surface area contributed by atoms with Crippen molar-refractivity contribution < 1.29 is 36.1 Å². The minimum atomic E-state index is 0. The van der Waals surface area contributed by atoms with Crippen molar-refractivity contribution in [3.63, 3.8) is 0 Å². The maximum absolute atomic E-state index is 9.19. The Morgan fingerprint density at radius 1 is 1.06 bits per heavy atom. The second-order valence-corrected chi connectivity index (χ2v) is 4.95. The smallest absolute Gasteiger partial charge is 1.00 e. The van der Waals surface area contributed by atoms with Crippen LogP contribution >= 0.6 is 0 Å². The molecule has 0 saturated carbocycles. The standard InChI is InChI=1S/C14H22O.Na.H/c1-10(2)12(4)11(3)9-13-5-7-14(15)8-6-13;;/h5-8,10-12,15H,9H2,1-4H3;;/q;+1;-1. The number of benzene rings is 1. The van der Waals surface area contributed by atoms with Crippen LogP contribution in [0.15, 0.2) is 24.3 Å². The van der Waals surface area contributed by atoms with E-state index in [2.05, 4.69) is 27.7 Å². The minimum absolute atomic E-state index is 0. The zero-order valence-corrected chi connectivity index (χ0v) is 13.2. The molecule has 0 amide bonds. The number of aromatic hydroxyl groups is 1. The van der Waals surface area contributed by atoms with Crippen molar-refractivity contribution in [1.29, 1.82) is 0 Å². The van der Waals surface area contributed by atoms with Crippen LogP contribution in [0.2, 0.25) is 0 Å². The monoisotopic (exact) mass is 230 g/mol. The molecule has 0 spiro atoms. The van der Waals surface area contributed by atoms with Gasteiger partial charge in [0, 0.05) is 0 Å². The topological polar surface area (TPSA) is 20.2 Å². The first-order chi connectivity index (χ1) is 7.00. The molecule has 1 aromatic rings. The summed E-state index contributed by atoms with van der Waals surface area (Å²) in [5.41, 5.74) is 1.31. The summed E-state index contributed by atoms with van der Waals surface area (Å²) in [6.45, 7) is 9.17. The Kier molecular flexibility index (Phi) is 7.38. The van der Waals surface area contributed by atoms with E-state index in [1.54, 1.807) is 12.1 Å². The second kappa shape index (κ2) is 7.37. The van der Waals surface area contributed by atoms with E-state index in [0.29, 0.717) is 11.7 Å². The molecular formula is C14H23NaO. The molecule has 86 valence electrons. The summed E-state index contributed by atoms with van der Waals surface area (Å²) < 4.78 is 0. The molecule has 16 heavy (non-hydrogen) atoms. The van der Waals surface area contributed by atoms with Crippen LogP contribution in [0.5, 0.6) is 5.75 Å². The van der Waals surface area contributed by atoms with Gasteiger partial charge < -0.3 is 6.53 Å².